The minimum atomic E-state index is -0.259. The van der Waals surface area contributed by atoms with Crippen LogP contribution < -0.4 is 10.6 Å². The first kappa shape index (κ1) is 16.9. The molecule has 0 aliphatic carbocycles. The monoisotopic (exact) mass is 352 g/mol. The van der Waals surface area contributed by atoms with Crippen molar-refractivity contribution in [2.75, 3.05) is 5.32 Å². The molecule has 0 atom stereocenters. The normalized spacial score (nSPS) is 10.3. The molecule has 0 aliphatic heterocycles. The van der Waals surface area contributed by atoms with E-state index in [2.05, 4.69) is 20.8 Å². The van der Waals surface area contributed by atoms with E-state index in [0.717, 1.165) is 16.8 Å². The topological polar surface area (TPSA) is 66.9 Å². The number of halogens is 1. The fraction of sp³-hybridized carbons (Fsp3) is 0.105. The fourth-order valence-electron chi connectivity index (χ4n) is 2.29. The van der Waals surface area contributed by atoms with E-state index in [4.69, 9.17) is 11.6 Å². The van der Waals surface area contributed by atoms with Crippen molar-refractivity contribution in [1.29, 1.82) is 0 Å². The lowest BCUT2D eigenvalue weighted by Gasteiger charge is -2.09. The SMILES string of the molecule is Cc1cc(Cl)ccc1Nc1ccc(C(=O)NCc2ccccc2)nn1. The number of nitrogens with zero attached hydrogens (tertiary/aromatic N) is 2. The molecule has 3 aromatic rings. The molecule has 2 N–H and O–H groups in total. The number of carbonyl (C=O) groups excluding carboxylic acids is 1. The summed E-state index contributed by atoms with van der Waals surface area (Å²) in [6, 6.07) is 18.6. The van der Waals surface area contributed by atoms with Crippen LogP contribution in [0.2, 0.25) is 5.02 Å². The minimum Gasteiger partial charge on any atom is -0.347 e. The van der Waals surface area contributed by atoms with Gasteiger partial charge < -0.3 is 10.6 Å². The molecule has 0 saturated heterocycles. The number of rotatable bonds is 5. The van der Waals surface area contributed by atoms with Crippen LogP contribution in [0.5, 0.6) is 0 Å². The Bertz CT molecular complexity index is 866. The molecule has 0 fully saturated rings. The van der Waals surface area contributed by atoms with Crippen LogP contribution in [0.3, 0.4) is 0 Å². The Hall–Kier alpha value is -2.92. The molecule has 126 valence electrons. The lowest BCUT2D eigenvalue weighted by atomic mass is 10.2. The second-order valence-electron chi connectivity index (χ2n) is 5.56. The van der Waals surface area contributed by atoms with Crippen LogP contribution in [-0.2, 0) is 6.54 Å². The smallest absolute Gasteiger partial charge is 0.272 e. The van der Waals surface area contributed by atoms with Gasteiger partial charge in [0, 0.05) is 17.3 Å². The highest BCUT2D eigenvalue weighted by Crippen LogP contribution is 2.22. The van der Waals surface area contributed by atoms with Gasteiger partial charge in [0.25, 0.3) is 5.91 Å². The Labute approximate surface area is 151 Å². The van der Waals surface area contributed by atoms with Crippen molar-refractivity contribution in [1.82, 2.24) is 15.5 Å². The zero-order valence-corrected chi connectivity index (χ0v) is 14.4. The summed E-state index contributed by atoms with van der Waals surface area (Å²) in [4.78, 5) is 12.1. The van der Waals surface area contributed by atoms with Crippen LogP contribution in [0.25, 0.3) is 0 Å². The van der Waals surface area contributed by atoms with Gasteiger partial charge >= 0.3 is 0 Å². The average Bonchev–Trinajstić information content (AvgIpc) is 2.63. The van der Waals surface area contributed by atoms with Crippen LogP contribution in [0.4, 0.5) is 11.5 Å². The van der Waals surface area contributed by atoms with E-state index in [-0.39, 0.29) is 11.6 Å². The van der Waals surface area contributed by atoms with Crippen molar-refractivity contribution in [2.24, 2.45) is 0 Å². The van der Waals surface area contributed by atoms with Gasteiger partial charge in [-0.1, -0.05) is 41.9 Å². The highest BCUT2D eigenvalue weighted by molar-refractivity contribution is 6.30. The molecule has 3 rings (SSSR count). The number of nitrogens with one attached hydrogen (secondary N) is 2. The number of benzene rings is 2. The lowest BCUT2D eigenvalue weighted by Crippen LogP contribution is -2.24. The summed E-state index contributed by atoms with van der Waals surface area (Å²) >= 11 is 5.95. The van der Waals surface area contributed by atoms with E-state index < -0.39 is 0 Å². The predicted octanol–water partition coefficient (Wildman–Crippen LogP) is 4.11. The van der Waals surface area contributed by atoms with E-state index >= 15 is 0 Å². The quantitative estimate of drug-likeness (QED) is 0.725. The minimum absolute atomic E-state index is 0.259. The standard InChI is InChI=1S/C19H17ClN4O/c1-13-11-15(20)7-8-16(13)22-18-10-9-17(23-24-18)19(25)21-12-14-5-3-2-4-6-14/h2-11H,12H2,1H3,(H,21,25)(H,22,24). The molecule has 0 spiro atoms. The fourth-order valence-corrected chi connectivity index (χ4v) is 2.52. The van der Waals surface area contributed by atoms with Crippen molar-refractivity contribution in [3.63, 3.8) is 0 Å². The van der Waals surface area contributed by atoms with Crippen LogP contribution in [0, 0.1) is 6.92 Å². The Morgan fingerprint density at radius 1 is 1.04 bits per heavy atom. The number of amides is 1. The number of anilines is 2. The third kappa shape index (κ3) is 4.55. The van der Waals surface area contributed by atoms with Gasteiger partial charge in [-0.15, -0.1) is 10.2 Å². The molecule has 0 unspecified atom stereocenters. The van der Waals surface area contributed by atoms with Crippen LogP contribution >= 0.6 is 11.6 Å². The highest BCUT2D eigenvalue weighted by atomic mass is 35.5. The van der Waals surface area contributed by atoms with E-state index in [1.54, 1.807) is 18.2 Å². The number of hydrogen-bond donors (Lipinski definition) is 2. The molecule has 5 nitrogen and oxygen atoms in total. The van der Waals surface area contributed by atoms with Gasteiger partial charge in [0.2, 0.25) is 0 Å². The molecule has 2 aromatic carbocycles. The number of aromatic nitrogens is 2. The van der Waals surface area contributed by atoms with E-state index in [1.807, 2.05) is 49.4 Å². The molecule has 0 aliphatic rings. The molecular weight excluding hydrogens is 336 g/mol. The maximum atomic E-state index is 12.1. The van der Waals surface area contributed by atoms with Gasteiger partial charge in [0.15, 0.2) is 11.5 Å². The maximum absolute atomic E-state index is 12.1. The predicted molar refractivity (Wildman–Crippen MR) is 99.1 cm³/mol. The zero-order valence-electron chi connectivity index (χ0n) is 13.7. The summed E-state index contributed by atoms with van der Waals surface area (Å²) in [6.45, 7) is 2.40. The molecule has 0 bridgehead atoms. The second-order valence-corrected chi connectivity index (χ2v) is 5.99. The number of hydrogen-bond acceptors (Lipinski definition) is 4. The molecule has 1 aromatic heterocycles. The van der Waals surface area contributed by atoms with Crippen LogP contribution in [-0.4, -0.2) is 16.1 Å². The van der Waals surface area contributed by atoms with E-state index in [0.29, 0.717) is 17.4 Å². The summed E-state index contributed by atoms with van der Waals surface area (Å²) in [6.07, 6.45) is 0. The molecule has 25 heavy (non-hydrogen) atoms. The third-order valence-electron chi connectivity index (χ3n) is 3.64. The van der Waals surface area contributed by atoms with Gasteiger partial charge in [-0.25, -0.2) is 0 Å². The first-order valence-corrected chi connectivity index (χ1v) is 8.18. The molecular formula is C19H17ClN4O. The summed E-state index contributed by atoms with van der Waals surface area (Å²) in [5.41, 5.74) is 3.19. The Balaban J connectivity index is 1.62. The van der Waals surface area contributed by atoms with E-state index in [9.17, 15) is 4.79 Å². The van der Waals surface area contributed by atoms with Gasteiger partial charge in [-0.2, -0.15) is 0 Å². The van der Waals surface area contributed by atoms with Crippen molar-refractivity contribution in [3.05, 3.63) is 82.5 Å². The highest BCUT2D eigenvalue weighted by Gasteiger charge is 2.08. The van der Waals surface area contributed by atoms with Gasteiger partial charge in [-0.3, -0.25) is 4.79 Å². The maximum Gasteiger partial charge on any atom is 0.272 e. The van der Waals surface area contributed by atoms with Gasteiger partial charge in [0.05, 0.1) is 0 Å². The molecule has 0 saturated carbocycles. The first-order chi connectivity index (χ1) is 12.1. The largest absolute Gasteiger partial charge is 0.347 e. The Kier molecular flexibility index (Phi) is 5.26. The molecule has 0 radical (unpaired) electrons. The van der Waals surface area contributed by atoms with Crippen molar-refractivity contribution < 1.29 is 4.79 Å². The Morgan fingerprint density at radius 3 is 2.52 bits per heavy atom. The Morgan fingerprint density at radius 2 is 1.84 bits per heavy atom. The summed E-state index contributed by atoms with van der Waals surface area (Å²) in [5, 5.41) is 14.7. The second kappa shape index (κ2) is 7.77. The van der Waals surface area contributed by atoms with Crippen LogP contribution in [0.15, 0.2) is 60.7 Å². The number of aryl methyl sites for hydroxylation is 1. The van der Waals surface area contributed by atoms with Crippen molar-refractivity contribution >= 4 is 29.0 Å². The van der Waals surface area contributed by atoms with Gasteiger partial charge in [-0.05, 0) is 48.4 Å². The summed E-state index contributed by atoms with van der Waals surface area (Å²) < 4.78 is 0. The lowest BCUT2D eigenvalue weighted by molar-refractivity contribution is 0.0945. The summed E-state index contributed by atoms with van der Waals surface area (Å²) in [5.74, 6) is 0.301. The van der Waals surface area contributed by atoms with E-state index in [1.165, 1.54) is 0 Å². The average molecular weight is 353 g/mol. The molecule has 6 heteroatoms. The van der Waals surface area contributed by atoms with Crippen molar-refractivity contribution in [3.8, 4) is 0 Å². The summed E-state index contributed by atoms with van der Waals surface area (Å²) in [7, 11) is 0. The van der Waals surface area contributed by atoms with Crippen molar-refractivity contribution in [2.45, 2.75) is 13.5 Å². The first-order valence-electron chi connectivity index (χ1n) is 7.81. The molecule has 1 amide bonds. The third-order valence-corrected chi connectivity index (χ3v) is 3.88. The zero-order chi connectivity index (χ0) is 17.6. The van der Waals surface area contributed by atoms with Crippen LogP contribution in [0.1, 0.15) is 21.6 Å². The molecule has 1 heterocycles. The number of carbonyl (C=O) groups is 1. The van der Waals surface area contributed by atoms with Gasteiger partial charge in [0.1, 0.15) is 0 Å².